The minimum Gasteiger partial charge on any atom is -0.457 e. The number of ether oxygens (including phenoxy) is 1. The Morgan fingerprint density at radius 2 is 1.29 bits per heavy atom. The largest absolute Gasteiger partial charge is 0.457 e. The van der Waals surface area contributed by atoms with Crippen molar-refractivity contribution in [3.63, 3.8) is 0 Å². The quantitative estimate of drug-likeness (QED) is 0.261. The normalized spacial score (nSPS) is 10.7. The second kappa shape index (κ2) is 8.62. The zero-order valence-corrected chi connectivity index (χ0v) is 18.1. The molecule has 0 spiro atoms. The molecule has 5 aromatic rings. The molecule has 0 atom stereocenters. The molecule has 0 saturated carbocycles. The molecule has 5 rings (SSSR count). The van der Waals surface area contributed by atoms with E-state index in [1.165, 1.54) is 0 Å². The third-order valence-electron chi connectivity index (χ3n) is 4.85. The first-order valence-electron chi connectivity index (χ1n) is 9.92. The maximum atomic E-state index is 6.30. The fourth-order valence-corrected chi connectivity index (χ4v) is 3.74. The fourth-order valence-electron chi connectivity index (χ4n) is 3.38. The van der Waals surface area contributed by atoms with Crippen LogP contribution in [0.5, 0.6) is 11.5 Å². The van der Waals surface area contributed by atoms with Gasteiger partial charge in [-0.3, -0.25) is 0 Å². The first kappa shape index (κ1) is 19.3. The molecular weight excluding hydrogens is 450 g/mol. The van der Waals surface area contributed by atoms with Gasteiger partial charge in [-0.25, -0.2) is 4.98 Å². The Bertz CT molecular complexity index is 1300. The van der Waals surface area contributed by atoms with E-state index in [9.17, 15) is 0 Å². The van der Waals surface area contributed by atoms with Crippen molar-refractivity contribution in [3.05, 3.63) is 114 Å². The molecule has 0 fully saturated rings. The molecule has 0 unspecified atom stereocenters. The number of benzene rings is 4. The summed E-state index contributed by atoms with van der Waals surface area (Å²) in [5.41, 5.74) is 3.46. The van der Waals surface area contributed by atoms with Crippen LogP contribution in [0.1, 0.15) is 0 Å². The van der Waals surface area contributed by atoms with Crippen molar-refractivity contribution in [2.75, 3.05) is 0 Å². The summed E-state index contributed by atoms with van der Waals surface area (Å²) in [4.78, 5) is 4.90. The first-order chi connectivity index (χ1) is 15.3. The predicted octanol–water partition coefficient (Wildman–Crippen LogP) is 8.23. The monoisotopic (exact) mass is 467 g/mol. The van der Waals surface area contributed by atoms with Gasteiger partial charge < -0.3 is 9.15 Å². The van der Waals surface area contributed by atoms with E-state index in [1.807, 2.05) is 109 Å². The minimum absolute atomic E-state index is 0.570. The van der Waals surface area contributed by atoms with Gasteiger partial charge in [0.2, 0.25) is 5.89 Å². The maximum Gasteiger partial charge on any atom is 0.227 e. The zero-order chi connectivity index (χ0) is 21.0. The van der Waals surface area contributed by atoms with E-state index in [2.05, 4.69) is 15.9 Å². The van der Waals surface area contributed by atoms with E-state index >= 15 is 0 Å². The Kier molecular flexibility index (Phi) is 5.38. The van der Waals surface area contributed by atoms with E-state index in [0.29, 0.717) is 17.4 Å². The summed E-state index contributed by atoms with van der Waals surface area (Å²) in [7, 11) is 0. The summed E-state index contributed by atoms with van der Waals surface area (Å²) >= 11 is 3.60. The van der Waals surface area contributed by atoms with Crippen LogP contribution in [0.2, 0.25) is 0 Å². The number of hydrogen-bond acceptors (Lipinski definition) is 3. The summed E-state index contributed by atoms with van der Waals surface area (Å²) in [6.07, 6.45) is 0. The summed E-state index contributed by atoms with van der Waals surface area (Å²) < 4.78 is 13.5. The molecule has 0 bridgehead atoms. The highest BCUT2D eigenvalue weighted by atomic mass is 79.9. The third-order valence-corrected chi connectivity index (χ3v) is 5.34. The Labute approximate surface area is 189 Å². The number of para-hydroxylation sites is 1. The van der Waals surface area contributed by atoms with Gasteiger partial charge in [0.25, 0.3) is 0 Å². The minimum atomic E-state index is 0.570. The van der Waals surface area contributed by atoms with Crippen molar-refractivity contribution in [1.29, 1.82) is 0 Å². The number of hydrogen-bond donors (Lipinski definition) is 0. The molecule has 0 radical (unpaired) electrons. The average molecular weight is 468 g/mol. The van der Waals surface area contributed by atoms with Crippen LogP contribution in [0.15, 0.2) is 118 Å². The molecule has 3 nitrogen and oxygen atoms in total. The third kappa shape index (κ3) is 4.16. The van der Waals surface area contributed by atoms with E-state index < -0.39 is 0 Å². The van der Waals surface area contributed by atoms with Crippen LogP contribution in [-0.4, -0.2) is 4.98 Å². The van der Waals surface area contributed by atoms with Crippen LogP contribution in [-0.2, 0) is 0 Å². The second-order valence-electron chi connectivity index (χ2n) is 6.98. The first-order valence-corrected chi connectivity index (χ1v) is 10.7. The number of oxazole rings is 1. The van der Waals surface area contributed by atoms with E-state index in [4.69, 9.17) is 14.1 Å². The van der Waals surface area contributed by atoms with Gasteiger partial charge in [-0.1, -0.05) is 82.7 Å². The van der Waals surface area contributed by atoms with Crippen LogP contribution in [0.25, 0.3) is 34.0 Å². The second-order valence-corrected chi connectivity index (χ2v) is 7.90. The lowest BCUT2D eigenvalue weighted by Crippen LogP contribution is -1.90. The van der Waals surface area contributed by atoms with Crippen LogP contribution in [0, 0.1) is 0 Å². The Hall–Kier alpha value is -3.63. The molecule has 4 heteroatoms. The van der Waals surface area contributed by atoms with Crippen molar-refractivity contribution in [3.8, 4) is 45.5 Å². The van der Waals surface area contributed by atoms with E-state index in [0.717, 1.165) is 32.6 Å². The molecule has 1 aromatic heterocycles. The number of aromatic nitrogens is 1. The van der Waals surface area contributed by atoms with Gasteiger partial charge >= 0.3 is 0 Å². The summed E-state index contributed by atoms with van der Waals surface area (Å²) in [5, 5.41) is 0. The predicted molar refractivity (Wildman–Crippen MR) is 127 cm³/mol. The van der Waals surface area contributed by atoms with Crippen LogP contribution < -0.4 is 4.74 Å². The Balaban J connectivity index is 1.69. The van der Waals surface area contributed by atoms with Crippen molar-refractivity contribution >= 4 is 15.9 Å². The van der Waals surface area contributed by atoms with Gasteiger partial charge in [-0.05, 0) is 42.5 Å². The van der Waals surface area contributed by atoms with Gasteiger partial charge in [0.15, 0.2) is 5.76 Å². The average Bonchev–Trinajstić information content (AvgIpc) is 3.27. The van der Waals surface area contributed by atoms with Crippen LogP contribution in [0.4, 0.5) is 0 Å². The summed E-state index contributed by atoms with van der Waals surface area (Å²) in [6, 6.07) is 35.6. The molecule has 0 amide bonds. The highest BCUT2D eigenvalue weighted by Gasteiger charge is 2.21. The SMILES string of the molecule is Brc1ccc(Oc2ccccc2)c(-c2nc(-c3ccccc3)oc2-c2ccccc2)c1. The molecule has 0 saturated heterocycles. The highest BCUT2D eigenvalue weighted by Crippen LogP contribution is 2.42. The van der Waals surface area contributed by atoms with Crippen LogP contribution in [0.3, 0.4) is 0 Å². The van der Waals surface area contributed by atoms with Gasteiger partial charge in [-0.2, -0.15) is 0 Å². The molecule has 0 aliphatic carbocycles. The van der Waals surface area contributed by atoms with Gasteiger partial charge in [0.1, 0.15) is 17.2 Å². The summed E-state index contributed by atoms with van der Waals surface area (Å²) in [5.74, 6) is 2.74. The Morgan fingerprint density at radius 3 is 1.97 bits per heavy atom. The Morgan fingerprint density at radius 1 is 0.677 bits per heavy atom. The van der Waals surface area contributed by atoms with Gasteiger partial charge in [0.05, 0.1) is 0 Å². The highest BCUT2D eigenvalue weighted by molar-refractivity contribution is 9.10. The fraction of sp³-hybridized carbons (Fsp3) is 0. The molecule has 0 aliphatic heterocycles. The zero-order valence-electron chi connectivity index (χ0n) is 16.5. The maximum absolute atomic E-state index is 6.30. The lowest BCUT2D eigenvalue weighted by molar-refractivity contribution is 0.484. The van der Waals surface area contributed by atoms with Crippen molar-refractivity contribution in [1.82, 2.24) is 4.98 Å². The van der Waals surface area contributed by atoms with Crippen LogP contribution >= 0.6 is 15.9 Å². The van der Waals surface area contributed by atoms with Crippen molar-refractivity contribution in [2.24, 2.45) is 0 Å². The lowest BCUT2D eigenvalue weighted by atomic mass is 10.0. The van der Waals surface area contributed by atoms with Crippen molar-refractivity contribution in [2.45, 2.75) is 0 Å². The molecule has 0 N–H and O–H groups in total. The molecule has 31 heavy (non-hydrogen) atoms. The number of halogens is 1. The van der Waals surface area contributed by atoms with E-state index in [-0.39, 0.29) is 0 Å². The van der Waals surface area contributed by atoms with Gasteiger partial charge in [-0.15, -0.1) is 0 Å². The molecule has 150 valence electrons. The van der Waals surface area contributed by atoms with Gasteiger partial charge in [0, 0.05) is 21.2 Å². The van der Waals surface area contributed by atoms with Crippen molar-refractivity contribution < 1.29 is 9.15 Å². The standard InChI is InChI=1S/C27H18BrNO2/c28-21-16-17-24(30-22-14-8-3-9-15-22)23(18-21)25-26(19-10-4-1-5-11-19)31-27(29-25)20-12-6-2-7-13-20/h1-18H. The molecule has 0 aliphatic rings. The number of nitrogens with zero attached hydrogens (tertiary/aromatic N) is 1. The topological polar surface area (TPSA) is 35.3 Å². The molecular formula is C27H18BrNO2. The number of rotatable bonds is 5. The van der Waals surface area contributed by atoms with E-state index in [1.54, 1.807) is 0 Å². The summed E-state index contributed by atoms with van der Waals surface area (Å²) in [6.45, 7) is 0. The lowest BCUT2D eigenvalue weighted by Gasteiger charge is -2.11. The molecule has 1 heterocycles. The smallest absolute Gasteiger partial charge is 0.227 e. The molecule has 4 aromatic carbocycles.